The second-order valence-electron chi connectivity index (χ2n) is 8.20. The molecule has 0 radical (unpaired) electrons. The van der Waals surface area contributed by atoms with Crippen LogP contribution in [0.15, 0.2) is 29.5 Å². The number of fused-ring (bicyclic) bond motifs is 1. The van der Waals surface area contributed by atoms with Gasteiger partial charge in [-0.3, -0.25) is 14.0 Å². The molecule has 1 aliphatic carbocycles. The first kappa shape index (κ1) is 19.5. The van der Waals surface area contributed by atoms with Crippen LogP contribution in [0.2, 0.25) is 10.2 Å². The number of nitrogens with zero attached hydrogens (tertiary/aromatic N) is 5. The van der Waals surface area contributed by atoms with Gasteiger partial charge in [-0.25, -0.2) is 14.4 Å². The van der Waals surface area contributed by atoms with Crippen molar-refractivity contribution >= 4 is 34.6 Å². The van der Waals surface area contributed by atoms with Gasteiger partial charge in [0.2, 0.25) is 5.91 Å². The zero-order chi connectivity index (χ0) is 21.2. The van der Waals surface area contributed by atoms with Crippen molar-refractivity contribution in [2.45, 2.75) is 37.9 Å². The van der Waals surface area contributed by atoms with Crippen molar-refractivity contribution in [3.05, 3.63) is 51.0 Å². The van der Waals surface area contributed by atoms with Crippen LogP contribution in [0, 0.1) is 0 Å². The molecule has 2 aliphatic rings. The lowest BCUT2D eigenvalue weighted by Crippen LogP contribution is -2.60. The van der Waals surface area contributed by atoms with Crippen molar-refractivity contribution in [3.63, 3.8) is 0 Å². The van der Waals surface area contributed by atoms with Gasteiger partial charge in [0, 0.05) is 30.1 Å². The molecular formula is C20H18Cl2FN5O2. The van der Waals surface area contributed by atoms with Gasteiger partial charge < -0.3 is 9.47 Å². The maximum atomic E-state index is 13.7. The molecule has 0 aromatic carbocycles. The molecule has 3 aromatic heterocycles. The number of carbonyl (C=O) groups is 1. The Hall–Kier alpha value is -2.45. The number of pyridine rings is 1. The molecule has 1 amide bonds. The van der Waals surface area contributed by atoms with E-state index in [1.54, 1.807) is 22.9 Å². The van der Waals surface area contributed by atoms with Gasteiger partial charge in [-0.05, 0) is 25.8 Å². The van der Waals surface area contributed by atoms with Crippen molar-refractivity contribution in [2.24, 2.45) is 0 Å². The number of amides is 1. The van der Waals surface area contributed by atoms with Crippen LogP contribution in [0.4, 0.5) is 4.39 Å². The first-order valence-electron chi connectivity index (χ1n) is 9.63. The van der Waals surface area contributed by atoms with Crippen molar-refractivity contribution < 1.29 is 9.18 Å². The Bertz CT molecular complexity index is 1240. The number of hydrogen-bond acceptors (Lipinski definition) is 4. The van der Waals surface area contributed by atoms with E-state index in [2.05, 4.69) is 4.98 Å². The van der Waals surface area contributed by atoms with Gasteiger partial charge in [-0.1, -0.05) is 23.2 Å². The second kappa shape index (κ2) is 6.78. The minimum atomic E-state index is -1.36. The summed E-state index contributed by atoms with van der Waals surface area (Å²) in [7, 11) is 0. The van der Waals surface area contributed by atoms with E-state index in [-0.39, 0.29) is 41.3 Å². The molecule has 0 N–H and O–H groups in total. The normalized spacial score (nSPS) is 17.9. The SMILES string of the molecule is CC1(F)CN(C(=O)Cn2ccn3c(C4CC4)nc(-c4cnc(Cl)c(Cl)c4)c3c2=O)C1. The second-order valence-corrected chi connectivity index (χ2v) is 8.97. The summed E-state index contributed by atoms with van der Waals surface area (Å²) in [5, 5.41) is 0.436. The van der Waals surface area contributed by atoms with Crippen LogP contribution >= 0.6 is 23.2 Å². The number of alkyl halides is 1. The van der Waals surface area contributed by atoms with Gasteiger partial charge in [0.05, 0.1) is 18.1 Å². The molecule has 156 valence electrons. The zero-order valence-corrected chi connectivity index (χ0v) is 17.6. The predicted molar refractivity (Wildman–Crippen MR) is 111 cm³/mol. The predicted octanol–water partition coefficient (Wildman–Crippen LogP) is 3.31. The summed E-state index contributed by atoms with van der Waals surface area (Å²) >= 11 is 12.1. The maximum absolute atomic E-state index is 13.7. The van der Waals surface area contributed by atoms with E-state index in [1.165, 1.54) is 22.6 Å². The molecule has 0 spiro atoms. The standard InChI is InChI=1S/C20H18Cl2FN5O2/c1-20(23)9-27(10-20)14(29)8-26-4-5-28-16(19(26)30)15(25-18(28)11-2-3-11)12-6-13(21)17(22)24-7-12/h4-7,11H,2-3,8-10H2,1H3. The molecule has 2 fully saturated rings. The smallest absolute Gasteiger partial charge is 0.277 e. The number of likely N-dealkylation sites (tertiary alicyclic amines) is 1. The van der Waals surface area contributed by atoms with Crippen LogP contribution in [-0.4, -0.2) is 48.5 Å². The molecule has 3 aromatic rings. The summed E-state index contributed by atoms with van der Waals surface area (Å²) in [6, 6.07) is 1.62. The molecule has 7 nitrogen and oxygen atoms in total. The summed E-state index contributed by atoms with van der Waals surface area (Å²) < 4.78 is 16.8. The highest BCUT2D eigenvalue weighted by atomic mass is 35.5. The first-order chi connectivity index (χ1) is 14.2. The van der Waals surface area contributed by atoms with Crippen LogP contribution in [-0.2, 0) is 11.3 Å². The van der Waals surface area contributed by atoms with Crippen molar-refractivity contribution in [1.82, 2.24) is 23.8 Å². The van der Waals surface area contributed by atoms with Gasteiger partial charge in [0.25, 0.3) is 5.56 Å². The molecule has 4 heterocycles. The van der Waals surface area contributed by atoms with Crippen molar-refractivity contribution in [3.8, 4) is 11.3 Å². The topological polar surface area (TPSA) is 72.5 Å². The van der Waals surface area contributed by atoms with Crippen molar-refractivity contribution in [1.29, 1.82) is 0 Å². The molecule has 1 saturated carbocycles. The Kier molecular flexibility index (Phi) is 4.41. The van der Waals surface area contributed by atoms with Gasteiger partial charge >= 0.3 is 0 Å². The molecule has 0 unspecified atom stereocenters. The summed E-state index contributed by atoms with van der Waals surface area (Å²) in [6.45, 7) is 1.38. The monoisotopic (exact) mass is 449 g/mol. The molecule has 0 atom stereocenters. The average molecular weight is 450 g/mol. The minimum Gasteiger partial charge on any atom is -0.335 e. The molecule has 1 saturated heterocycles. The fourth-order valence-electron chi connectivity index (χ4n) is 3.83. The Balaban J connectivity index is 1.58. The highest BCUT2D eigenvalue weighted by molar-refractivity contribution is 6.41. The maximum Gasteiger partial charge on any atom is 0.277 e. The summed E-state index contributed by atoms with van der Waals surface area (Å²) in [4.78, 5) is 36.0. The number of halogens is 3. The van der Waals surface area contributed by atoms with Gasteiger partial charge in [-0.15, -0.1) is 0 Å². The van der Waals surface area contributed by atoms with Crippen LogP contribution in [0.1, 0.15) is 31.5 Å². The third-order valence-corrected chi connectivity index (χ3v) is 6.20. The van der Waals surface area contributed by atoms with E-state index in [0.29, 0.717) is 22.7 Å². The lowest BCUT2D eigenvalue weighted by atomic mass is 9.99. The quantitative estimate of drug-likeness (QED) is 0.572. The van der Waals surface area contributed by atoms with E-state index in [0.717, 1.165) is 18.7 Å². The highest BCUT2D eigenvalue weighted by Crippen LogP contribution is 2.41. The molecule has 0 bridgehead atoms. The summed E-state index contributed by atoms with van der Waals surface area (Å²) in [5.74, 6) is 0.802. The third-order valence-electron chi connectivity index (χ3n) is 5.51. The Labute approximate surface area is 181 Å². The Morgan fingerprint density at radius 1 is 1.30 bits per heavy atom. The Morgan fingerprint density at radius 2 is 2.03 bits per heavy atom. The van der Waals surface area contributed by atoms with Crippen LogP contribution in [0.5, 0.6) is 0 Å². The van der Waals surface area contributed by atoms with Gasteiger partial charge in [0.1, 0.15) is 34.4 Å². The van der Waals surface area contributed by atoms with Crippen LogP contribution < -0.4 is 5.56 Å². The number of aromatic nitrogens is 4. The largest absolute Gasteiger partial charge is 0.335 e. The number of rotatable bonds is 4. The fraction of sp³-hybridized carbons (Fsp3) is 0.400. The van der Waals surface area contributed by atoms with E-state index in [4.69, 9.17) is 28.2 Å². The van der Waals surface area contributed by atoms with E-state index in [1.807, 2.05) is 0 Å². The van der Waals surface area contributed by atoms with E-state index in [9.17, 15) is 14.0 Å². The number of imidazole rings is 1. The molecule has 10 heteroatoms. The Morgan fingerprint density at radius 3 is 2.67 bits per heavy atom. The van der Waals surface area contributed by atoms with Gasteiger partial charge in [-0.2, -0.15) is 0 Å². The lowest BCUT2D eigenvalue weighted by Gasteiger charge is -2.42. The third kappa shape index (κ3) is 3.28. The van der Waals surface area contributed by atoms with Crippen LogP contribution in [0.25, 0.3) is 16.8 Å². The van der Waals surface area contributed by atoms with Crippen LogP contribution in [0.3, 0.4) is 0 Å². The van der Waals surface area contributed by atoms with E-state index >= 15 is 0 Å². The summed E-state index contributed by atoms with van der Waals surface area (Å²) in [6.07, 6.45) is 6.87. The molecule has 1 aliphatic heterocycles. The fourth-order valence-corrected chi connectivity index (χ4v) is 4.10. The first-order valence-corrected chi connectivity index (χ1v) is 10.4. The zero-order valence-electron chi connectivity index (χ0n) is 16.1. The number of hydrogen-bond donors (Lipinski definition) is 0. The lowest BCUT2D eigenvalue weighted by molar-refractivity contribution is -0.144. The van der Waals surface area contributed by atoms with E-state index < -0.39 is 5.67 Å². The minimum absolute atomic E-state index is 0.0432. The van der Waals surface area contributed by atoms with Gasteiger partial charge in [0.15, 0.2) is 0 Å². The highest BCUT2D eigenvalue weighted by Gasteiger charge is 2.41. The van der Waals surface area contributed by atoms with Crippen molar-refractivity contribution in [2.75, 3.05) is 13.1 Å². The number of carbonyl (C=O) groups excluding carboxylic acids is 1. The molecular weight excluding hydrogens is 432 g/mol. The molecule has 5 rings (SSSR count). The summed E-state index contributed by atoms with van der Waals surface area (Å²) in [5.41, 5.74) is -0.328. The average Bonchev–Trinajstić information content (AvgIpc) is 3.44. The molecule has 30 heavy (non-hydrogen) atoms.